The van der Waals surface area contributed by atoms with Crippen molar-refractivity contribution in [1.82, 2.24) is 19.9 Å². The maximum Gasteiger partial charge on any atom is 0.411 e. The maximum atomic E-state index is 12.1. The molecule has 0 saturated heterocycles. The highest BCUT2D eigenvalue weighted by Gasteiger charge is 2.30. The molecule has 1 aliphatic heterocycles. The number of nitrogens with zero attached hydrogens (tertiary/aromatic N) is 6. The monoisotopic (exact) mass is 592 g/mol. The lowest BCUT2D eigenvalue weighted by molar-refractivity contribution is 0.0962. The molecule has 1 aliphatic rings. The Labute approximate surface area is 243 Å². The van der Waals surface area contributed by atoms with Crippen LogP contribution in [0.25, 0.3) is 31.8 Å². The molecular weight excluding hydrogens is 568 g/mol. The summed E-state index contributed by atoms with van der Waals surface area (Å²) in [6.45, 7) is 2.16. The van der Waals surface area contributed by atoms with Gasteiger partial charge in [0.1, 0.15) is 27.6 Å². The SMILES string of the molecule is COc1cnc2c(-c3nc4c(Cl)cc5c(c4s3)OC[C@@H](CN(C(=O)O)c3ccc(N(C)C)nc3)O5)cc(C)cc2n1. The minimum atomic E-state index is -1.12. The van der Waals surface area contributed by atoms with E-state index >= 15 is 0 Å². The Hall–Kier alpha value is -4.42. The van der Waals surface area contributed by atoms with E-state index in [0.29, 0.717) is 49.6 Å². The zero-order chi connectivity index (χ0) is 28.8. The molecule has 41 heavy (non-hydrogen) atoms. The summed E-state index contributed by atoms with van der Waals surface area (Å²) in [5.74, 6) is 2.10. The summed E-state index contributed by atoms with van der Waals surface area (Å²) in [6.07, 6.45) is 1.41. The van der Waals surface area contributed by atoms with Gasteiger partial charge in [0.05, 0.1) is 47.8 Å². The van der Waals surface area contributed by atoms with Crippen LogP contribution in [-0.4, -0.2) is 71.6 Å². The number of amides is 1. The molecule has 0 aliphatic carbocycles. The van der Waals surface area contributed by atoms with E-state index < -0.39 is 12.2 Å². The molecule has 6 rings (SSSR count). The van der Waals surface area contributed by atoms with Crippen molar-refractivity contribution in [3.63, 3.8) is 0 Å². The number of hydrogen-bond acceptors (Lipinski definition) is 10. The van der Waals surface area contributed by atoms with Gasteiger partial charge in [-0.2, -0.15) is 0 Å². The first-order valence-corrected chi connectivity index (χ1v) is 13.8. The largest absolute Gasteiger partial charge is 0.484 e. The van der Waals surface area contributed by atoms with Crippen molar-refractivity contribution in [3.05, 3.63) is 53.3 Å². The zero-order valence-electron chi connectivity index (χ0n) is 22.6. The van der Waals surface area contributed by atoms with Crippen LogP contribution in [0.15, 0.2) is 42.7 Å². The molecule has 0 saturated carbocycles. The van der Waals surface area contributed by atoms with Crippen molar-refractivity contribution in [2.45, 2.75) is 13.0 Å². The Morgan fingerprint density at radius 3 is 2.71 bits per heavy atom. The van der Waals surface area contributed by atoms with Crippen LogP contribution in [0.3, 0.4) is 0 Å². The molecule has 1 amide bonds. The van der Waals surface area contributed by atoms with E-state index in [1.54, 1.807) is 31.5 Å². The highest BCUT2D eigenvalue weighted by atomic mass is 35.5. The summed E-state index contributed by atoms with van der Waals surface area (Å²) in [4.78, 5) is 33.4. The van der Waals surface area contributed by atoms with Crippen molar-refractivity contribution >= 4 is 61.8 Å². The highest BCUT2D eigenvalue weighted by molar-refractivity contribution is 7.22. The van der Waals surface area contributed by atoms with Gasteiger partial charge in [-0.1, -0.05) is 11.6 Å². The van der Waals surface area contributed by atoms with Crippen molar-refractivity contribution < 1.29 is 24.1 Å². The number of carbonyl (C=O) groups is 1. The molecule has 1 atom stereocenters. The first-order valence-electron chi connectivity index (χ1n) is 12.6. The third-order valence-electron chi connectivity index (χ3n) is 6.58. The van der Waals surface area contributed by atoms with Gasteiger partial charge in [-0.3, -0.25) is 4.90 Å². The third kappa shape index (κ3) is 5.00. The van der Waals surface area contributed by atoms with Crippen LogP contribution >= 0.6 is 22.9 Å². The number of aryl methyl sites for hydroxylation is 1. The second kappa shape index (κ2) is 10.5. The van der Waals surface area contributed by atoms with E-state index in [2.05, 4.69) is 15.0 Å². The summed E-state index contributed by atoms with van der Waals surface area (Å²) in [7, 11) is 5.28. The summed E-state index contributed by atoms with van der Waals surface area (Å²) in [6, 6.07) is 9.08. The first kappa shape index (κ1) is 26.8. The average Bonchev–Trinajstić information content (AvgIpc) is 3.41. The standard InChI is InChI=1S/C28H25ClN6O5S/c1-14-7-17(23-19(8-14)32-22(38-4)11-31-23)27-33-24-18(29)9-20-25(26(24)41-27)39-13-16(40-20)12-35(28(36)37)15-5-6-21(30-10-15)34(2)3/h5-11,16H,12-13H2,1-4H3,(H,36,37)/t16-/m1/s1. The van der Waals surface area contributed by atoms with Gasteiger partial charge in [0.15, 0.2) is 17.6 Å². The predicted molar refractivity (Wildman–Crippen MR) is 158 cm³/mol. The van der Waals surface area contributed by atoms with Crippen LogP contribution in [0.2, 0.25) is 5.02 Å². The number of rotatable bonds is 6. The molecular formula is C28H25ClN6O5S. The van der Waals surface area contributed by atoms with Crippen molar-refractivity contribution in [3.8, 4) is 28.0 Å². The molecule has 2 aromatic carbocycles. The van der Waals surface area contributed by atoms with Crippen LogP contribution in [0.4, 0.5) is 16.3 Å². The van der Waals surface area contributed by atoms with Gasteiger partial charge in [-0.25, -0.2) is 24.7 Å². The van der Waals surface area contributed by atoms with Crippen molar-refractivity contribution in [2.75, 3.05) is 44.2 Å². The third-order valence-corrected chi connectivity index (χ3v) is 7.95. The Balaban J connectivity index is 1.32. The number of carboxylic acid groups (broad SMARTS) is 1. The molecule has 0 radical (unpaired) electrons. The van der Waals surface area contributed by atoms with Crippen LogP contribution in [-0.2, 0) is 0 Å². The highest BCUT2D eigenvalue weighted by Crippen LogP contribution is 2.47. The lowest BCUT2D eigenvalue weighted by atomic mass is 10.1. The van der Waals surface area contributed by atoms with E-state index in [1.165, 1.54) is 22.4 Å². The number of aromatic nitrogens is 4. The van der Waals surface area contributed by atoms with Gasteiger partial charge in [0.2, 0.25) is 5.88 Å². The molecule has 4 heterocycles. The summed E-state index contributed by atoms with van der Waals surface area (Å²) < 4.78 is 18.4. The van der Waals surface area contributed by atoms with Gasteiger partial charge >= 0.3 is 6.09 Å². The molecule has 0 fully saturated rings. The van der Waals surface area contributed by atoms with Crippen LogP contribution in [0.1, 0.15) is 5.56 Å². The van der Waals surface area contributed by atoms with Gasteiger partial charge in [0.25, 0.3) is 0 Å². The quantitative estimate of drug-likeness (QED) is 0.264. The van der Waals surface area contributed by atoms with Gasteiger partial charge in [-0.05, 0) is 36.8 Å². The number of pyridine rings is 1. The van der Waals surface area contributed by atoms with Crippen molar-refractivity contribution in [1.29, 1.82) is 0 Å². The van der Waals surface area contributed by atoms with E-state index in [4.69, 9.17) is 30.8 Å². The Kier molecular flexibility index (Phi) is 6.88. The van der Waals surface area contributed by atoms with E-state index in [9.17, 15) is 9.90 Å². The topological polar surface area (TPSA) is 123 Å². The Morgan fingerprint density at radius 2 is 2.00 bits per heavy atom. The minimum absolute atomic E-state index is 0.0405. The van der Waals surface area contributed by atoms with Gasteiger partial charge < -0.3 is 24.2 Å². The number of hydrogen-bond donors (Lipinski definition) is 1. The second-order valence-corrected chi connectivity index (χ2v) is 11.1. The normalized spacial score (nSPS) is 14.3. The number of fused-ring (bicyclic) bond motifs is 4. The number of ether oxygens (including phenoxy) is 3. The number of halogens is 1. The van der Waals surface area contributed by atoms with E-state index in [0.717, 1.165) is 21.6 Å². The molecule has 13 heteroatoms. The second-order valence-electron chi connectivity index (χ2n) is 9.69. The Morgan fingerprint density at radius 1 is 1.17 bits per heavy atom. The van der Waals surface area contributed by atoms with E-state index in [1.807, 2.05) is 38.1 Å². The van der Waals surface area contributed by atoms with Crippen LogP contribution < -0.4 is 24.0 Å². The molecule has 3 aromatic heterocycles. The maximum absolute atomic E-state index is 12.1. The van der Waals surface area contributed by atoms with Crippen LogP contribution in [0.5, 0.6) is 17.4 Å². The fraction of sp³-hybridized carbons (Fsp3) is 0.250. The molecule has 1 N–H and O–H groups in total. The number of benzene rings is 2. The molecule has 0 spiro atoms. The molecule has 0 unspecified atom stereocenters. The van der Waals surface area contributed by atoms with Gasteiger partial charge in [0, 0.05) is 25.7 Å². The fourth-order valence-electron chi connectivity index (χ4n) is 4.63. The zero-order valence-corrected chi connectivity index (χ0v) is 24.2. The lowest BCUT2D eigenvalue weighted by Gasteiger charge is -2.30. The smallest absolute Gasteiger partial charge is 0.411 e. The van der Waals surface area contributed by atoms with Gasteiger partial charge in [-0.15, -0.1) is 11.3 Å². The number of anilines is 2. The molecule has 11 nitrogen and oxygen atoms in total. The molecule has 0 bridgehead atoms. The molecule has 5 aromatic rings. The fourth-order valence-corrected chi connectivity index (χ4v) is 6.02. The van der Waals surface area contributed by atoms with E-state index in [-0.39, 0.29) is 13.2 Å². The summed E-state index contributed by atoms with van der Waals surface area (Å²) >= 11 is 8.09. The minimum Gasteiger partial charge on any atom is -0.484 e. The average molecular weight is 593 g/mol. The lowest BCUT2D eigenvalue weighted by Crippen LogP contribution is -2.43. The first-order chi connectivity index (χ1) is 19.7. The van der Waals surface area contributed by atoms with Crippen LogP contribution in [0, 0.1) is 6.92 Å². The summed E-state index contributed by atoms with van der Waals surface area (Å²) in [5, 5.41) is 11.0. The molecule has 210 valence electrons. The summed E-state index contributed by atoms with van der Waals surface area (Å²) in [5.41, 5.74) is 4.23. The predicted octanol–water partition coefficient (Wildman–Crippen LogP) is 5.66. The Bertz CT molecular complexity index is 1800. The number of methoxy groups -OCH3 is 1. The van der Waals surface area contributed by atoms with Crippen molar-refractivity contribution in [2.24, 2.45) is 0 Å². The number of thiazole rings is 1.